The number of ether oxygens (including phenoxy) is 1. The molecule has 2 aliphatic carbocycles. The van der Waals surface area contributed by atoms with Crippen LogP contribution < -0.4 is 10.1 Å². The highest BCUT2D eigenvalue weighted by Gasteiger charge is 2.23. The molecule has 108 valence electrons. The maximum atomic E-state index is 6.27. The normalized spacial score (nSPS) is 25.2. The van der Waals surface area contributed by atoms with E-state index in [1.807, 2.05) is 0 Å². The summed E-state index contributed by atoms with van der Waals surface area (Å²) < 4.78 is 6.27. The van der Waals surface area contributed by atoms with E-state index in [1.165, 1.54) is 36.8 Å². The van der Waals surface area contributed by atoms with Gasteiger partial charge in [-0.15, -0.1) is 0 Å². The van der Waals surface area contributed by atoms with E-state index >= 15 is 0 Å². The SMILES string of the molecule is CCNC1CCCc2c(OC3C=CCCC3)cccc21. The average molecular weight is 271 g/mol. The van der Waals surface area contributed by atoms with Gasteiger partial charge in [-0.1, -0.05) is 25.1 Å². The number of benzene rings is 1. The minimum atomic E-state index is 0.273. The average Bonchev–Trinajstić information content (AvgIpc) is 2.50. The molecule has 1 N–H and O–H groups in total. The molecule has 2 nitrogen and oxygen atoms in total. The van der Waals surface area contributed by atoms with Crippen molar-refractivity contribution in [2.24, 2.45) is 0 Å². The summed E-state index contributed by atoms with van der Waals surface area (Å²) in [5.41, 5.74) is 2.89. The first-order chi connectivity index (χ1) is 9.88. The lowest BCUT2D eigenvalue weighted by Gasteiger charge is -2.29. The van der Waals surface area contributed by atoms with Crippen LogP contribution in [0.5, 0.6) is 5.75 Å². The van der Waals surface area contributed by atoms with E-state index < -0.39 is 0 Å². The van der Waals surface area contributed by atoms with E-state index in [0.717, 1.165) is 25.1 Å². The highest BCUT2D eigenvalue weighted by molar-refractivity contribution is 5.43. The van der Waals surface area contributed by atoms with Gasteiger partial charge in [0.15, 0.2) is 0 Å². The molecule has 0 spiro atoms. The number of allylic oxidation sites excluding steroid dienone is 1. The molecule has 2 aliphatic rings. The Bertz CT molecular complexity index is 480. The molecule has 0 bridgehead atoms. The summed E-state index contributed by atoms with van der Waals surface area (Å²) in [4.78, 5) is 0. The van der Waals surface area contributed by atoms with Gasteiger partial charge >= 0.3 is 0 Å². The summed E-state index contributed by atoms with van der Waals surface area (Å²) in [7, 11) is 0. The van der Waals surface area contributed by atoms with Crippen LogP contribution in [0.1, 0.15) is 56.2 Å². The smallest absolute Gasteiger partial charge is 0.123 e. The summed E-state index contributed by atoms with van der Waals surface area (Å²) in [6, 6.07) is 7.08. The number of fused-ring (bicyclic) bond motifs is 1. The van der Waals surface area contributed by atoms with Gasteiger partial charge in [0.25, 0.3) is 0 Å². The largest absolute Gasteiger partial charge is 0.486 e. The molecule has 20 heavy (non-hydrogen) atoms. The third-order valence-electron chi connectivity index (χ3n) is 4.40. The van der Waals surface area contributed by atoms with Crippen LogP contribution in [0.15, 0.2) is 30.4 Å². The molecule has 2 heteroatoms. The molecule has 1 aromatic rings. The Balaban J connectivity index is 1.83. The van der Waals surface area contributed by atoms with E-state index in [2.05, 4.69) is 42.6 Å². The number of nitrogens with one attached hydrogen (secondary N) is 1. The topological polar surface area (TPSA) is 21.3 Å². The summed E-state index contributed by atoms with van der Waals surface area (Å²) in [5, 5.41) is 3.60. The number of hydrogen-bond acceptors (Lipinski definition) is 2. The summed E-state index contributed by atoms with van der Waals surface area (Å²) in [5.74, 6) is 1.11. The van der Waals surface area contributed by atoms with Crippen molar-refractivity contribution in [2.45, 2.75) is 57.6 Å². The van der Waals surface area contributed by atoms with Gasteiger partial charge in [0.05, 0.1) is 0 Å². The molecule has 0 saturated carbocycles. The molecule has 0 fully saturated rings. The van der Waals surface area contributed by atoms with E-state index in [-0.39, 0.29) is 6.10 Å². The second-order valence-electron chi connectivity index (χ2n) is 5.84. The fourth-order valence-corrected chi connectivity index (χ4v) is 3.43. The maximum absolute atomic E-state index is 6.27. The van der Waals surface area contributed by atoms with Crippen LogP contribution in [0.4, 0.5) is 0 Å². The summed E-state index contributed by atoms with van der Waals surface area (Å²) in [6.07, 6.45) is 12.0. The quantitative estimate of drug-likeness (QED) is 0.830. The first-order valence-corrected chi connectivity index (χ1v) is 8.07. The minimum absolute atomic E-state index is 0.273. The van der Waals surface area contributed by atoms with Gasteiger partial charge in [0, 0.05) is 6.04 Å². The van der Waals surface area contributed by atoms with Gasteiger partial charge in [-0.25, -0.2) is 0 Å². The fraction of sp³-hybridized carbons (Fsp3) is 0.556. The second-order valence-corrected chi connectivity index (χ2v) is 5.84. The van der Waals surface area contributed by atoms with Crippen LogP contribution in [0, 0.1) is 0 Å². The van der Waals surface area contributed by atoms with Crippen molar-refractivity contribution in [2.75, 3.05) is 6.54 Å². The van der Waals surface area contributed by atoms with Gasteiger partial charge in [-0.05, 0) is 68.3 Å². The zero-order valence-electron chi connectivity index (χ0n) is 12.4. The first kappa shape index (κ1) is 13.7. The number of hydrogen-bond donors (Lipinski definition) is 1. The highest BCUT2D eigenvalue weighted by Crippen LogP contribution is 2.36. The Kier molecular flexibility index (Phi) is 4.41. The van der Waals surface area contributed by atoms with Crippen molar-refractivity contribution < 1.29 is 4.74 Å². The first-order valence-electron chi connectivity index (χ1n) is 8.07. The Morgan fingerprint density at radius 1 is 1.25 bits per heavy atom. The molecule has 0 saturated heterocycles. The Morgan fingerprint density at radius 2 is 2.20 bits per heavy atom. The number of rotatable bonds is 4. The Hall–Kier alpha value is -1.28. The zero-order valence-corrected chi connectivity index (χ0v) is 12.4. The zero-order chi connectivity index (χ0) is 13.8. The Labute approximate surface area is 122 Å². The van der Waals surface area contributed by atoms with E-state index in [9.17, 15) is 0 Å². The van der Waals surface area contributed by atoms with Crippen LogP contribution in [-0.4, -0.2) is 12.6 Å². The van der Waals surface area contributed by atoms with Crippen molar-refractivity contribution in [3.63, 3.8) is 0 Å². The van der Waals surface area contributed by atoms with E-state index in [1.54, 1.807) is 0 Å². The fourth-order valence-electron chi connectivity index (χ4n) is 3.43. The molecule has 0 aliphatic heterocycles. The lowest BCUT2D eigenvalue weighted by molar-refractivity contribution is 0.226. The minimum Gasteiger partial charge on any atom is -0.486 e. The van der Waals surface area contributed by atoms with Gasteiger partial charge in [-0.3, -0.25) is 0 Å². The van der Waals surface area contributed by atoms with Gasteiger partial charge in [-0.2, -0.15) is 0 Å². The van der Waals surface area contributed by atoms with Crippen molar-refractivity contribution in [1.29, 1.82) is 0 Å². The van der Waals surface area contributed by atoms with E-state index in [4.69, 9.17) is 4.74 Å². The lowest BCUT2D eigenvalue weighted by Crippen LogP contribution is -2.26. The van der Waals surface area contributed by atoms with Gasteiger partial charge < -0.3 is 10.1 Å². The molecule has 0 heterocycles. The van der Waals surface area contributed by atoms with Crippen LogP contribution >= 0.6 is 0 Å². The van der Waals surface area contributed by atoms with E-state index in [0.29, 0.717) is 6.04 Å². The van der Waals surface area contributed by atoms with Crippen molar-refractivity contribution in [3.8, 4) is 5.75 Å². The lowest BCUT2D eigenvalue weighted by atomic mass is 9.87. The van der Waals surface area contributed by atoms with Crippen molar-refractivity contribution >= 4 is 0 Å². The standard InChI is InChI=1S/C18H25NO/c1-2-19-17-12-6-11-16-15(17)10-7-13-18(16)20-14-8-4-3-5-9-14/h4,7-8,10,13-14,17,19H,2-3,5-6,9,11-12H2,1H3. The molecule has 1 aromatic carbocycles. The summed E-state index contributed by atoms with van der Waals surface area (Å²) >= 11 is 0. The molecule has 0 radical (unpaired) electrons. The molecular weight excluding hydrogens is 246 g/mol. The monoisotopic (exact) mass is 271 g/mol. The second kappa shape index (κ2) is 6.45. The van der Waals surface area contributed by atoms with Crippen molar-refractivity contribution in [3.05, 3.63) is 41.5 Å². The van der Waals surface area contributed by atoms with Crippen LogP contribution in [0.25, 0.3) is 0 Å². The molecule has 2 atom stereocenters. The third-order valence-corrected chi connectivity index (χ3v) is 4.40. The third kappa shape index (κ3) is 2.90. The molecule has 0 aromatic heterocycles. The highest BCUT2D eigenvalue weighted by atomic mass is 16.5. The van der Waals surface area contributed by atoms with Gasteiger partial charge in [0.1, 0.15) is 11.9 Å². The predicted molar refractivity (Wildman–Crippen MR) is 83.2 cm³/mol. The maximum Gasteiger partial charge on any atom is 0.123 e. The Morgan fingerprint density at radius 3 is 3.00 bits per heavy atom. The van der Waals surface area contributed by atoms with Crippen molar-refractivity contribution in [1.82, 2.24) is 5.32 Å². The van der Waals surface area contributed by atoms with Crippen LogP contribution in [-0.2, 0) is 6.42 Å². The molecule has 2 unspecified atom stereocenters. The molecule has 3 rings (SSSR count). The molecule has 0 amide bonds. The van der Waals surface area contributed by atoms with Crippen LogP contribution in [0.3, 0.4) is 0 Å². The van der Waals surface area contributed by atoms with Gasteiger partial charge in [0.2, 0.25) is 0 Å². The van der Waals surface area contributed by atoms with Crippen LogP contribution in [0.2, 0.25) is 0 Å². The predicted octanol–water partition coefficient (Wildman–Crippen LogP) is 4.16. The summed E-state index contributed by atoms with van der Waals surface area (Å²) in [6.45, 7) is 3.21. The molecular formula is C18H25NO.